The zero-order chi connectivity index (χ0) is 13.2. The number of anilines is 2. The first-order valence-electron chi connectivity index (χ1n) is 5.15. The van der Waals surface area contributed by atoms with Crippen molar-refractivity contribution in [3.63, 3.8) is 0 Å². The minimum Gasteiger partial charge on any atom is -0.396 e. The fourth-order valence-corrected chi connectivity index (χ4v) is 2.47. The Bertz CT molecular complexity index is 670. The average molecular weight is 264 g/mol. The number of hydrogen-bond acceptors (Lipinski definition) is 5. The molecule has 0 radical (unpaired) electrons. The van der Waals surface area contributed by atoms with Crippen molar-refractivity contribution in [3.05, 3.63) is 42.2 Å². The molecule has 0 atom stereocenters. The van der Waals surface area contributed by atoms with Crippen molar-refractivity contribution >= 4 is 21.5 Å². The summed E-state index contributed by atoms with van der Waals surface area (Å²) in [6, 6.07) is 6.44. The zero-order valence-electron chi connectivity index (χ0n) is 9.66. The van der Waals surface area contributed by atoms with Crippen LogP contribution in [0.1, 0.15) is 5.56 Å². The zero-order valence-corrected chi connectivity index (χ0v) is 10.5. The second-order valence-corrected chi connectivity index (χ2v) is 5.32. The van der Waals surface area contributed by atoms with Gasteiger partial charge in [-0.1, -0.05) is 0 Å². The summed E-state index contributed by atoms with van der Waals surface area (Å²) in [4.78, 5) is 7.69. The number of nitrogens with zero attached hydrogens (tertiary/aromatic N) is 2. The van der Waals surface area contributed by atoms with Gasteiger partial charge in [0.25, 0.3) is 10.0 Å². The summed E-state index contributed by atoms with van der Waals surface area (Å²) in [7, 11) is -3.81. The van der Waals surface area contributed by atoms with Gasteiger partial charge in [0.1, 0.15) is 5.82 Å². The van der Waals surface area contributed by atoms with Crippen LogP contribution in [0.25, 0.3) is 0 Å². The van der Waals surface area contributed by atoms with Gasteiger partial charge in [0.2, 0.25) is 0 Å². The molecule has 0 amide bonds. The van der Waals surface area contributed by atoms with Gasteiger partial charge in [0, 0.05) is 12.4 Å². The minimum absolute atomic E-state index is 0.0950. The first kappa shape index (κ1) is 12.3. The molecule has 0 aromatic carbocycles. The van der Waals surface area contributed by atoms with Crippen molar-refractivity contribution in [1.29, 1.82) is 0 Å². The lowest BCUT2D eigenvalue weighted by atomic mass is 10.3. The molecule has 2 rings (SSSR count). The highest BCUT2D eigenvalue weighted by Crippen LogP contribution is 2.17. The molecule has 0 aliphatic rings. The molecule has 3 N–H and O–H groups in total. The van der Waals surface area contributed by atoms with Gasteiger partial charge in [-0.25, -0.2) is 9.97 Å². The van der Waals surface area contributed by atoms with Gasteiger partial charge in [-0.2, -0.15) is 8.42 Å². The molecule has 0 unspecified atom stereocenters. The SMILES string of the molecule is Cc1ccnc(NS(=O)(=O)c2ncccc2N)c1. The first-order chi connectivity index (χ1) is 8.49. The van der Waals surface area contributed by atoms with Crippen LogP contribution < -0.4 is 10.5 Å². The van der Waals surface area contributed by atoms with Crippen molar-refractivity contribution in [3.8, 4) is 0 Å². The molecule has 6 nitrogen and oxygen atoms in total. The van der Waals surface area contributed by atoms with Crippen LogP contribution in [-0.2, 0) is 10.0 Å². The maximum atomic E-state index is 12.0. The summed E-state index contributed by atoms with van der Waals surface area (Å²) < 4.78 is 26.4. The molecule has 7 heteroatoms. The predicted octanol–water partition coefficient (Wildman–Crippen LogP) is 1.17. The van der Waals surface area contributed by atoms with E-state index < -0.39 is 10.0 Å². The topological polar surface area (TPSA) is 98.0 Å². The van der Waals surface area contributed by atoms with Crippen molar-refractivity contribution in [2.45, 2.75) is 11.9 Å². The first-order valence-corrected chi connectivity index (χ1v) is 6.63. The Balaban J connectivity index is 2.37. The summed E-state index contributed by atoms with van der Waals surface area (Å²) in [5.74, 6) is 0.236. The minimum atomic E-state index is -3.81. The van der Waals surface area contributed by atoms with Gasteiger partial charge < -0.3 is 5.73 Å². The summed E-state index contributed by atoms with van der Waals surface area (Å²) >= 11 is 0. The van der Waals surface area contributed by atoms with Crippen molar-refractivity contribution in [2.24, 2.45) is 0 Å². The molecule has 2 aromatic heterocycles. The number of nitrogen functional groups attached to an aromatic ring is 1. The normalized spacial score (nSPS) is 11.2. The van der Waals surface area contributed by atoms with Crippen molar-refractivity contribution < 1.29 is 8.42 Å². The van der Waals surface area contributed by atoms with Gasteiger partial charge in [-0.15, -0.1) is 0 Å². The number of aryl methyl sites for hydroxylation is 1. The lowest BCUT2D eigenvalue weighted by molar-refractivity contribution is 0.598. The smallest absolute Gasteiger partial charge is 0.282 e. The molecule has 2 heterocycles. The van der Waals surface area contributed by atoms with E-state index in [1.54, 1.807) is 18.2 Å². The predicted molar refractivity (Wildman–Crippen MR) is 68.4 cm³/mol. The standard InChI is InChI=1S/C11H12N4O2S/c1-8-4-6-13-10(7-8)15-18(16,17)11-9(12)3-2-5-14-11/h2-7H,12H2,1H3,(H,13,15). The van der Waals surface area contributed by atoms with E-state index in [0.29, 0.717) is 0 Å². The maximum Gasteiger partial charge on any atom is 0.282 e. The molecule has 0 aliphatic heterocycles. The van der Waals surface area contributed by atoms with Crippen LogP contribution in [0.3, 0.4) is 0 Å². The van der Waals surface area contributed by atoms with Crippen LogP contribution in [0.2, 0.25) is 0 Å². The van der Waals surface area contributed by atoms with Crippen LogP contribution in [0.15, 0.2) is 41.7 Å². The van der Waals surface area contributed by atoms with Crippen LogP contribution >= 0.6 is 0 Å². The number of aromatic nitrogens is 2. The third-order valence-electron chi connectivity index (χ3n) is 2.21. The lowest BCUT2D eigenvalue weighted by Crippen LogP contribution is -2.17. The molecule has 2 aromatic rings. The molecule has 0 aliphatic carbocycles. The van der Waals surface area contributed by atoms with E-state index in [0.717, 1.165) is 5.56 Å². The summed E-state index contributed by atoms with van der Waals surface area (Å²) in [5.41, 5.74) is 6.58. The van der Waals surface area contributed by atoms with Gasteiger partial charge in [0.05, 0.1) is 5.69 Å². The highest BCUT2D eigenvalue weighted by Gasteiger charge is 2.19. The van der Waals surface area contributed by atoms with E-state index in [9.17, 15) is 8.42 Å². The van der Waals surface area contributed by atoms with E-state index in [4.69, 9.17) is 5.73 Å². The second kappa shape index (κ2) is 4.61. The van der Waals surface area contributed by atoms with E-state index in [1.807, 2.05) is 6.92 Å². The Kier molecular flexibility index (Phi) is 3.15. The largest absolute Gasteiger partial charge is 0.396 e. The molecule has 0 fully saturated rings. The number of sulfonamides is 1. The van der Waals surface area contributed by atoms with Crippen molar-refractivity contribution in [2.75, 3.05) is 10.5 Å². The Labute approximate surface area is 105 Å². The molecule has 0 spiro atoms. The summed E-state index contributed by atoms with van der Waals surface area (Å²) in [5, 5.41) is -0.201. The fraction of sp³-hybridized carbons (Fsp3) is 0.0909. The van der Waals surface area contributed by atoms with Crippen LogP contribution in [-0.4, -0.2) is 18.4 Å². The molecule has 0 bridgehead atoms. The Morgan fingerprint density at radius 3 is 2.67 bits per heavy atom. The van der Waals surface area contributed by atoms with E-state index in [1.165, 1.54) is 18.5 Å². The third-order valence-corrected chi connectivity index (χ3v) is 3.54. The Morgan fingerprint density at radius 1 is 1.22 bits per heavy atom. The highest BCUT2D eigenvalue weighted by atomic mass is 32.2. The highest BCUT2D eigenvalue weighted by molar-refractivity contribution is 7.92. The molecule has 0 saturated carbocycles. The number of pyridine rings is 2. The van der Waals surface area contributed by atoms with Crippen molar-refractivity contribution in [1.82, 2.24) is 9.97 Å². The average Bonchev–Trinajstić information content (AvgIpc) is 2.28. The van der Waals surface area contributed by atoms with E-state index in [2.05, 4.69) is 14.7 Å². The number of nitrogens with two attached hydrogens (primary N) is 1. The van der Waals surface area contributed by atoms with Crippen LogP contribution in [0.5, 0.6) is 0 Å². The number of nitrogens with one attached hydrogen (secondary N) is 1. The quantitative estimate of drug-likeness (QED) is 0.867. The van der Waals surface area contributed by atoms with Gasteiger partial charge in [-0.05, 0) is 36.8 Å². The summed E-state index contributed by atoms with van der Waals surface area (Å²) in [6.07, 6.45) is 2.89. The molecule has 18 heavy (non-hydrogen) atoms. The molecule has 94 valence electrons. The molecular formula is C11H12N4O2S. The monoisotopic (exact) mass is 264 g/mol. The van der Waals surface area contributed by atoms with Gasteiger partial charge >= 0.3 is 0 Å². The maximum absolute atomic E-state index is 12.0. The summed E-state index contributed by atoms with van der Waals surface area (Å²) in [6.45, 7) is 1.84. The number of rotatable bonds is 3. The number of hydrogen-bond donors (Lipinski definition) is 2. The molecule has 0 saturated heterocycles. The van der Waals surface area contributed by atoms with Gasteiger partial charge in [0.15, 0.2) is 5.03 Å². The van der Waals surface area contributed by atoms with Crippen LogP contribution in [0.4, 0.5) is 11.5 Å². The Morgan fingerprint density at radius 2 is 2.00 bits per heavy atom. The Hall–Kier alpha value is -2.15. The second-order valence-electron chi connectivity index (χ2n) is 3.72. The third kappa shape index (κ3) is 2.57. The van der Waals surface area contributed by atoms with Gasteiger partial charge in [-0.3, -0.25) is 4.72 Å². The lowest BCUT2D eigenvalue weighted by Gasteiger charge is -2.08. The van der Waals surface area contributed by atoms with E-state index in [-0.39, 0.29) is 16.5 Å². The van der Waals surface area contributed by atoms with E-state index >= 15 is 0 Å². The van der Waals surface area contributed by atoms with Crippen LogP contribution in [0, 0.1) is 6.92 Å². The fourth-order valence-electron chi connectivity index (χ4n) is 1.41. The molecular weight excluding hydrogens is 252 g/mol.